The minimum Gasteiger partial charge on any atom is -0.409 e. The molecule has 1 aliphatic rings. The number of rotatable bonds is 5. The van der Waals surface area contributed by atoms with Gasteiger partial charge in [-0.3, -0.25) is 0 Å². The average Bonchev–Trinajstić information content (AvgIpc) is 2.99. The Morgan fingerprint density at radius 1 is 1.05 bits per heavy atom. The molecule has 0 amide bonds. The minimum atomic E-state index is -0.432. The van der Waals surface area contributed by atoms with Gasteiger partial charge in [-0.2, -0.15) is 11.8 Å². The van der Waals surface area contributed by atoms with Crippen LogP contribution in [0.1, 0.15) is 17.5 Å². The van der Waals surface area contributed by atoms with Gasteiger partial charge in [0, 0.05) is 6.04 Å². The van der Waals surface area contributed by atoms with Gasteiger partial charge in [0.25, 0.3) is 0 Å². The van der Waals surface area contributed by atoms with Gasteiger partial charge in [-0.1, -0.05) is 60.7 Å². The van der Waals surface area contributed by atoms with Crippen LogP contribution in [0.25, 0.3) is 0 Å². The lowest BCUT2D eigenvalue weighted by Gasteiger charge is -2.36. The van der Waals surface area contributed by atoms with Crippen molar-refractivity contribution in [1.29, 1.82) is 0 Å². The second kappa shape index (κ2) is 6.69. The first-order valence-corrected chi connectivity index (χ1v) is 8.63. The van der Waals surface area contributed by atoms with E-state index in [-0.39, 0.29) is 6.04 Å². The molecule has 21 heavy (non-hydrogen) atoms. The molecule has 1 fully saturated rings. The van der Waals surface area contributed by atoms with Crippen molar-refractivity contribution in [2.75, 3.05) is 12.0 Å². The molecule has 0 bridgehead atoms. The summed E-state index contributed by atoms with van der Waals surface area (Å²) in [5.74, 6) is 1.11. The molecular weight excluding hydrogens is 277 g/mol. The summed E-state index contributed by atoms with van der Waals surface area (Å²) in [6.07, 6.45) is 3.20. The van der Waals surface area contributed by atoms with Gasteiger partial charge >= 0.3 is 7.62 Å². The number of nitrogens with one attached hydrogen (secondary N) is 1. The summed E-state index contributed by atoms with van der Waals surface area (Å²) in [5.41, 5.74) is 1.96. The summed E-state index contributed by atoms with van der Waals surface area (Å²) in [6.45, 7) is 0. The summed E-state index contributed by atoms with van der Waals surface area (Å²) in [6, 6.07) is 21.3. The van der Waals surface area contributed by atoms with E-state index in [1.807, 2.05) is 23.9 Å². The highest BCUT2D eigenvalue weighted by Crippen LogP contribution is 2.40. The van der Waals surface area contributed by atoms with E-state index in [1.165, 1.54) is 11.1 Å². The second-order valence-electron chi connectivity index (χ2n) is 5.20. The number of hydrogen-bond donors (Lipinski definition) is 1. The molecule has 1 heterocycles. The van der Waals surface area contributed by atoms with Gasteiger partial charge in [-0.25, -0.2) is 0 Å². The van der Waals surface area contributed by atoms with Crippen molar-refractivity contribution in [3.8, 4) is 0 Å². The van der Waals surface area contributed by atoms with Crippen LogP contribution in [0.4, 0.5) is 0 Å². The molecule has 3 rings (SSSR count). The Balaban J connectivity index is 2.07. The van der Waals surface area contributed by atoms with Crippen molar-refractivity contribution in [2.45, 2.75) is 18.1 Å². The highest BCUT2D eigenvalue weighted by molar-refractivity contribution is 7.98. The van der Waals surface area contributed by atoms with Crippen LogP contribution in [0.2, 0.25) is 0 Å². The third-order valence-electron chi connectivity index (χ3n) is 4.02. The van der Waals surface area contributed by atoms with Gasteiger partial charge in [0.2, 0.25) is 0 Å². The van der Waals surface area contributed by atoms with Crippen LogP contribution in [-0.4, -0.2) is 25.7 Å². The lowest BCUT2D eigenvalue weighted by Crippen LogP contribution is -2.42. The van der Waals surface area contributed by atoms with Crippen LogP contribution in [0.5, 0.6) is 0 Å². The highest BCUT2D eigenvalue weighted by atomic mass is 32.2. The maximum atomic E-state index is 6.18. The van der Waals surface area contributed by atoms with Crippen LogP contribution < -0.4 is 5.23 Å². The summed E-state index contributed by atoms with van der Waals surface area (Å²) in [7, 11) is 1.75. The molecule has 1 atom stereocenters. The van der Waals surface area contributed by atoms with Gasteiger partial charge in [-0.05, 0) is 29.6 Å². The van der Waals surface area contributed by atoms with Crippen molar-refractivity contribution in [3.63, 3.8) is 0 Å². The molecule has 2 aromatic carbocycles. The Labute approximate surface area is 131 Å². The minimum absolute atomic E-state index is 0.245. The Morgan fingerprint density at radius 3 is 2.14 bits per heavy atom. The maximum Gasteiger partial charge on any atom is 0.397 e. The van der Waals surface area contributed by atoms with Crippen molar-refractivity contribution in [2.24, 2.45) is 0 Å². The first-order valence-electron chi connectivity index (χ1n) is 7.23. The molecule has 2 nitrogen and oxygen atoms in total. The molecule has 0 spiro atoms. The van der Waals surface area contributed by atoms with Crippen LogP contribution in [-0.2, 0) is 10.3 Å². The molecular formula is C17H19BNOS. The Bertz CT molecular complexity index is 524. The van der Waals surface area contributed by atoms with E-state index in [0.717, 1.165) is 12.2 Å². The van der Waals surface area contributed by atoms with Gasteiger partial charge < -0.3 is 9.88 Å². The zero-order chi connectivity index (χ0) is 14.5. The molecule has 1 radical (unpaired) electrons. The molecule has 0 aromatic heterocycles. The standard InChI is InChI=1S/C17H19BNOS/c1-21-13-12-16-17(20-18-19-16,14-8-4-2-5-9-14)15-10-6-3-7-11-15/h2-11,16,19H,12-13H2,1H3. The lowest BCUT2D eigenvalue weighted by molar-refractivity contribution is 0.117. The SMILES string of the molecule is CSCCC1N[B]OC1(c1ccccc1)c1ccccc1. The molecule has 4 heteroatoms. The molecule has 1 saturated heterocycles. The molecule has 1 unspecified atom stereocenters. The first kappa shape index (κ1) is 14.7. The number of benzene rings is 2. The van der Waals surface area contributed by atoms with E-state index >= 15 is 0 Å². The Morgan fingerprint density at radius 2 is 1.62 bits per heavy atom. The maximum absolute atomic E-state index is 6.18. The number of hydrogen-bond acceptors (Lipinski definition) is 3. The Kier molecular flexibility index (Phi) is 4.68. The summed E-state index contributed by atoms with van der Waals surface area (Å²) in [5, 5.41) is 3.42. The van der Waals surface area contributed by atoms with E-state index in [2.05, 4.69) is 60.0 Å². The van der Waals surface area contributed by atoms with Gasteiger partial charge in [0.15, 0.2) is 0 Å². The third kappa shape index (κ3) is 2.76. The molecule has 0 aliphatic carbocycles. The monoisotopic (exact) mass is 296 g/mol. The van der Waals surface area contributed by atoms with E-state index < -0.39 is 5.60 Å². The fourth-order valence-electron chi connectivity index (χ4n) is 3.01. The smallest absolute Gasteiger partial charge is 0.397 e. The second-order valence-corrected chi connectivity index (χ2v) is 6.19. The molecule has 107 valence electrons. The summed E-state index contributed by atoms with van der Waals surface area (Å²) < 4.78 is 6.18. The quantitative estimate of drug-likeness (QED) is 0.856. The number of thioether (sulfide) groups is 1. The average molecular weight is 296 g/mol. The van der Waals surface area contributed by atoms with Gasteiger partial charge in [0.05, 0.1) is 0 Å². The molecule has 1 N–H and O–H groups in total. The van der Waals surface area contributed by atoms with E-state index in [4.69, 9.17) is 4.65 Å². The van der Waals surface area contributed by atoms with Crippen molar-refractivity contribution < 1.29 is 4.65 Å². The third-order valence-corrected chi connectivity index (χ3v) is 4.66. The van der Waals surface area contributed by atoms with Gasteiger partial charge in [-0.15, -0.1) is 0 Å². The molecule has 0 saturated carbocycles. The molecule has 1 aliphatic heterocycles. The summed E-state index contributed by atoms with van der Waals surface area (Å²) >= 11 is 1.87. The molecule has 2 aromatic rings. The lowest BCUT2D eigenvalue weighted by atomic mass is 9.79. The highest BCUT2D eigenvalue weighted by Gasteiger charge is 2.46. The predicted molar refractivity (Wildman–Crippen MR) is 90.4 cm³/mol. The van der Waals surface area contributed by atoms with Crippen LogP contribution in [0.15, 0.2) is 60.7 Å². The summed E-state index contributed by atoms with van der Waals surface area (Å²) in [4.78, 5) is 0. The fourth-order valence-corrected chi connectivity index (χ4v) is 3.48. The van der Waals surface area contributed by atoms with Crippen molar-refractivity contribution in [1.82, 2.24) is 5.23 Å². The Hall–Kier alpha value is -1.23. The first-order chi connectivity index (χ1) is 10.4. The fraction of sp³-hybridized carbons (Fsp3) is 0.294. The van der Waals surface area contributed by atoms with Crippen LogP contribution in [0, 0.1) is 0 Å². The zero-order valence-corrected chi connectivity index (χ0v) is 13.0. The van der Waals surface area contributed by atoms with E-state index in [0.29, 0.717) is 0 Å². The van der Waals surface area contributed by atoms with Crippen LogP contribution in [0.3, 0.4) is 0 Å². The van der Waals surface area contributed by atoms with Crippen LogP contribution >= 0.6 is 11.8 Å². The van der Waals surface area contributed by atoms with Crippen molar-refractivity contribution >= 4 is 19.4 Å². The van der Waals surface area contributed by atoms with E-state index in [9.17, 15) is 0 Å². The predicted octanol–water partition coefficient (Wildman–Crippen LogP) is 3.21. The van der Waals surface area contributed by atoms with Gasteiger partial charge in [0.1, 0.15) is 5.60 Å². The largest absolute Gasteiger partial charge is 0.409 e. The topological polar surface area (TPSA) is 21.3 Å². The zero-order valence-electron chi connectivity index (χ0n) is 12.2. The normalized spacial score (nSPS) is 20.1. The van der Waals surface area contributed by atoms with E-state index in [1.54, 1.807) is 7.62 Å². The van der Waals surface area contributed by atoms with Crippen molar-refractivity contribution in [3.05, 3.63) is 71.8 Å².